The molecule has 0 fully saturated rings. The molecule has 0 rings (SSSR count). The average Bonchev–Trinajstić information content (AvgIpc) is 2.02. The standard InChI is InChI=1S/C6H13NO5/c1-3(8)5(10)6(11)4(9)2-7-12/h2-6,8-12H,1H3/t3-,4-,5-,6-/m0/s1. The molecule has 0 aliphatic heterocycles. The highest BCUT2D eigenvalue weighted by Crippen LogP contribution is 2.02. The van der Waals surface area contributed by atoms with E-state index in [1.54, 1.807) is 0 Å². The number of aliphatic hydroxyl groups is 4. The van der Waals surface area contributed by atoms with E-state index in [2.05, 4.69) is 5.16 Å². The molecule has 12 heavy (non-hydrogen) atoms. The topological polar surface area (TPSA) is 114 Å². The summed E-state index contributed by atoms with van der Waals surface area (Å²) in [4.78, 5) is 0. The lowest BCUT2D eigenvalue weighted by Gasteiger charge is -2.21. The molecule has 0 aliphatic carbocycles. The van der Waals surface area contributed by atoms with Crippen LogP contribution in [0.25, 0.3) is 0 Å². The maximum Gasteiger partial charge on any atom is 0.121 e. The van der Waals surface area contributed by atoms with Gasteiger partial charge in [-0.15, -0.1) is 0 Å². The Morgan fingerprint density at radius 3 is 1.92 bits per heavy atom. The molecular formula is C6H13NO5. The summed E-state index contributed by atoms with van der Waals surface area (Å²) >= 11 is 0. The Kier molecular flexibility index (Phi) is 4.75. The molecule has 0 bridgehead atoms. The fourth-order valence-electron chi connectivity index (χ4n) is 0.644. The zero-order valence-electron chi connectivity index (χ0n) is 6.57. The van der Waals surface area contributed by atoms with Crippen molar-refractivity contribution in [1.29, 1.82) is 0 Å². The first-order valence-corrected chi connectivity index (χ1v) is 3.40. The number of hydrogen-bond acceptors (Lipinski definition) is 6. The molecule has 0 aliphatic rings. The van der Waals surface area contributed by atoms with Crippen molar-refractivity contribution in [1.82, 2.24) is 0 Å². The summed E-state index contributed by atoms with van der Waals surface area (Å²) in [6.07, 6.45) is -5.06. The van der Waals surface area contributed by atoms with Crippen molar-refractivity contribution >= 4 is 6.21 Å². The Bertz CT molecular complexity index is 149. The lowest BCUT2D eigenvalue weighted by molar-refractivity contribution is -0.0824. The van der Waals surface area contributed by atoms with Crippen molar-refractivity contribution in [2.75, 3.05) is 0 Å². The Morgan fingerprint density at radius 2 is 1.58 bits per heavy atom. The number of hydrogen-bond donors (Lipinski definition) is 5. The Morgan fingerprint density at radius 1 is 1.08 bits per heavy atom. The fourth-order valence-corrected chi connectivity index (χ4v) is 0.644. The van der Waals surface area contributed by atoms with E-state index in [1.807, 2.05) is 0 Å². The van der Waals surface area contributed by atoms with E-state index < -0.39 is 24.4 Å². The van der Waals surface area contributed by atoms with Gasteiger partial charge in [-0.3, -0.25) is 0 Å². The van der Waals surface area contributed by atoms with Crippen LogP contribution >= 0.6 is 0 Å². The zero-order valence-corrected chi connectivity index (χ0v) is 6.57. The molecular weight excluding hydrogens is 166 g/mol. The van der Waals surface area contributed by atoms with E-state index in [-0.39, 0.29) is 0 Å². The Balaban J connectivity index is 4.08. The van der Waals surface area contributed by atoms with Crippen LogP contribution in [0.5, 0.6) is 0 Å². The highest BCUT2D eigenvalue weighted by atomic mass is 16.4. The number of rotatable bonds is 4. The van der Waals surface area contributed by atoms with Crippen LogP contribution in [-0.2, 0) is 0 Å². The summed E-state index contributed by atoms with van der Waals surface area (Å²) < 4.78 is 0. The molecule has 0 heterocycles. The molecule has 0 spiro atoms. The predicted octanol–water partition coefficient (Wildman–Crippen LogP) is -2.09. The lowest BCUT2D eigenvalue weighted by Crippen LogP contribution is -2.43. The molecule has 0 unspecified atom stereocenters. The van der Waals surface area contributed by atoms with Crippen LogP contribution in [-0.4, -0.2) is 56.3 Å². The van der Waals surface area contributed by atoms with Gasteiger partial charge in [0.1, 0.15) is 18.3 Å². The SMILES string of the molecule is C[C@H](O)[C@H](O)[C@@H](O)[C@@H](O)C=NO. The minimum atomic E-state index is -1.57. The van der Waals surface area contributed by atoms with Crippen LogP contribution in [0.4, 0.5) is 0 Å². The molecule has 0 aromatic carbocycles. The van der Waals surface area contributed by atoms with Crippen LogP contribution in [0.2, 0.25) is 0 Å². The van der Waals surface area contributed by atoms with Gasteiger partial charge in [0.05, 0.1) is 12.3 Å². The Labute approximate surface area is 69.4 Å². The highest BCUT2D eigenvalue weighted by molar-refractivity contribution is 5.62. The first-order chi connectivity index (χ1) is 5.50. The Hall–Kier alpha value is -0.690. The van der Waals surface area contributed by atoms with E-state index >= 15 is 0 Å². The number of oxime groups is 1. The van der Waals surface area contributed by atoms with E-state index in [1.165, 1.54) is 6.92 Å². The summed E-state index contributed by atoms with van der Waals surface area (Å²) in [5, 5.41) is 46.1. The van der Waals surface area contributed by atoms with Crippen LogP contribution in [0, 0.1) is 0 Å². The van der Waals surface area contributed by atoms with Gasteiger partial charge in [-0.1, -0.05) is 5.16 Å². The van der Waals surface area contributed by atoms with Crippen molar-refractivity contribution in [2.45, 2.75) is 31.3 Å². The van der Waals surface area contributed by atoms with E-state index in [9.17, 15) is 0 Å². The van der Waals surface area contributed by atoms with Gasteiger partial charge in [0.2, 0.25) is 0 Å². The molecule has 72 valence electrons. The molecule has 0 aromatic heterocycles. The molecule has 0 radical (unpaired) electrons. The fraction of sp³-hybridized carbons (Fsp3) is 0.833. The lowest BCUT2D eigenvalue weighted by atomic mass is 10.1. The second-order valence-electron chi connectivity index (χ2n) is 2.48. The molecule has 5 N–H and O–H groups in total. The van der Waals surface area contributed by atoms with E-state index in [4.69, 9.17) is 25.6 Å². The largest absolute Gasteiger partial charge is 0.411 e. The van der Waals surface area contributed by atoms with Gasteiger partial charge in [0.25, 0.3) is 0 Å². The zero-order chi connectivity index (χ0) is 9.72. The third-order valence-electron chi connectivity index (χ3n) is 1.41. The monoisotopic (exact) mass is 179 g/mol. The third-order valence-corrected chi connectivity index (χ3v) is 1.41. The van der Waals surface area contributed by atoms with Crippen molar-refractivity contribution in [3.63, 3.8) is 0 Å². The molecule has 0 saturated carbocycles. The molecule has 0 saturated heterocycles. The van der Waals surface area contributed by atoms with Crippen molar-refractivity contribution in [3.8, 4) is 0 Å². The van der Waals surface area contributed by atoms with Gasteiger partial charge in [0, 0.05) is 0 Å². The normalized spacial score (nSPS) is 22.1. The van der Waals surface area contributed by atoms with Gasteiger partial charge in [-0.05, 0) is 6.92 Å². The predicted molar refractivity (Wildman–Crippen MR) is 40.0 cm³/mol. The smallest absolute Gasteiger partial charge is 0.121 e. The maximum atomic E-state index is 9.03. The first-order valence-electron chi connectivity index (χ1n) is 3.40. The second-order valence-corrected chi connectivity index (χ2v) is 2.48. The molecule has 4 atom stereocenters. The van der Waals surface area contributed by atoms with Crippen LogP contribution < -0.4 is 0 Å². The highest BCUT2D eigenvalue weighted by Gasteiger charge is 2.26. The summed E-state index contributed by atoms with van der Waals surface area (Å²) in [6.45, 7) is 1.26. The molecule has 6 heteroatoms. The quantitative estimate of drug-likeness (QED) is 0.193. The molecule has 0 amide bonds. The van der Waals surface area contributed by atoms with Crippen LogP contribution in [0.1, 0.15) is 6.92 Å². The summed E-state index contributed by atoms with van der Waals surface area (Å²) in [6, 6.07) is 0. The number of aliphatic hydroxyl groups excluding tert-OH is 4. The van der Waals surface area contributed by atoms with Gasteiger partial charge < -0.3 is 25.6 Å². The summed E-state index contributed by atoms with van der Waals surface area (Å²) in [7, 11) is 0. The van der Waals surface area contributed by atoms with E-state index in [0.717, 1.165) is 0 Å². The summed E-state index contributed by atoms with van der Waals surface area (Å²) in [5.74, 6) is 0. The molecule has 6 nitrogen and oxygen atoms in total. The van der Waals surface area contributed by atoms with Gasteiger partial charge in [-0.2, -0.15) is 0 Å². The maximum absolute atomic E-state index is 9.03. The minimum Gasteiger partial charge on any atom is -0.411 e. The number of nitrogens with zero attached hydrogens (tertiary/aromatic N) is 1. The second kappa shape index (κ2) is 5.04. The van der Waals surface area contributed by atoms with Crippen molar-refractivity contribution in [3.05, 3.63) is 0 Å². The van der Waals surface area contributed by atoms with E-state index in [0.29, 0.717) is 6.21 Å². The van der Waals surface area contributed by atoms with Gasteiger partial charge in [0.15, 0.2) is 0 Å². The van der Waals surface area contributed by atoms with Crippen molar-refractivity contribution in [2.24, 2.45) is 5.16 Å². The third kappa shape index (κ3) is 3.14. The minimum absolute atomic E-state index is 0.649. The van der Waals surface area contributed by atoms with Gasteiger partial charge in [-0.25, -0.2) is 0 Å². The van der Waals surface area contributed by atoms with Crippen molar-refractivity contribution < 1.29 is 25.6 Å². The first kappa shape index (κ1) is 11.3. The molecule has 0 aromatic rings. The van der Waals surface area contributed by atoms with Crippen LogP contribution in [0.15, 0.2) is 5.16 Å². The van der Waals surface area contributed by atoms with Gasteiger partial charge >= 0.3 is 0 Å². The average molecular weight is 179 g/mol. The summed E-state index contributed by atoms with van der Waals surface area (Å²) in [5.41, 5.74) is 0. The van der Waals surface area contributed by atoms with Crippen LogP contribution in [0.3, 0.4) is 0 Å².